The number of carbonyl (C=O) groups excluding carboxylic acids is 1. The van der Waals surface area contributed by atoms with Crippen LogP contribution in [0.25, 0.3) is 0 Å². The van der Waals surface area contributed by atoms with E-state index >= 15 is 0 Å². The summed E-state index contributed by atoms with van der Waals surface area (Å²) in [6.07, 6.45) is 0.312. The highest BCUT2D eigenvalue weighted by Gasteiger charge is 2.02. The van der Waals surface area contributed by atoms with E-state index in [9.17, 15) is 9.90 Å². The average Bonchev–Trinajstić information content (AvgIpc) is 1.94. The maximum atomic E-state index is 10.7. The molecule has 1 rings (SSSR count). The zero-order chi connectivity index (χ0) is 9.14. The lowest BCUT2D eigenvalue weighted by molar-refractivity contribution is -0.116. The summed E-state index contributed by atoms with van der Waals surface area (Å²) in [4.78, 5) is 10.7. The molecule has 0 amide bonds. The molecule has 0 fully saturated rings. The normalized spacial score (nSPS) is 9.83. The van der Waals surface area contributed by atoms with Gasteiger partial charge in [-0.2, -0.15) is 0 Å². The van der Waals surface area contributed by atoms with Crippen molar-refractivity contribution < 1.29 is 9.90 Å². The van der Waals surface area contributed by atoms with Crippen LogP contribution >= 0.6 is 0 Å². The first-order valence-electron chi connectivity index (χ1n) is 3.87. The maximum Gasteiger partial charge on any atom is 0.134 e. The van der Waals surface area contributed by atoms with Crippen LogP contribution in [0.5, 0.6) is 5.75 Å². The number of hydrogen-bond donors (Lipinski definition) is 1. The third-order valence-corrected chi connectivity index (χ3v) is 1.68. The van der Waals surface area contributed by atoms with Crippen molar-refractivity contribution in [2.24, 2.45) is 0 Å². The lowest BCUT2D eigenvalue weighted by Gasteiger charge is -2.02. The minimum atomic E-state index is 0.0640. The van der Waals surface area contributed by atoms with Gasteiger partial charge in [0.25, 0.3) is 0 Å². The van der Waals surface area contributed by atoms with Gasteiger partial charge in [0, 0.05) is 12.0 Å². The van der Waals surface area contributed by atoms with Crippen molar-refractivity contribution in [3.8, 4) is 5.75 Å². The number of Topliss-reactive ketones (excluding diaryl/α,β-unsaturated/α-hetero) is 1. The van der Waals surface area contributed by atoms with Crippen molar-refractivity contribution in [3.05, 3.63) is 29.3 Å². The highest BCUT2D eigenvalue weighted by Crippen LogP contribution is 2.18. The molecule has 0 radical (unpaired) electrons. The topological polar surface area (TPSA) is 37.3 Å². The lowest BCUT2D eigenvalue weighted by atomic mass is 10.1. The minimum Gasteiger partial charge on any atom is -0.508 e. The van der Waals surface area contributed by atoms with E-state index in [0.717, 1.165) is 5.56 Å². The number of rotatable bonds is 2. The van der Waals surface area contributed by atoms with Gasteiger partial charge in [-0.25, -0.2) is 0 Å². The highest BCUT2D eigenvalue weighted by molar-refractivity contribution is 5.78. The van der Waals surface area contributed by atoms with Crippen molar-refractivity contribution >= 4 is 5.78 Å². The van der Waals surface area contributed by atoms with Gasteiger partial charge in [-0.3, -0.25) is 4.79 Å². The predicted molar refractivity (Wildman–Crippen MR) is 47.2 cm³/mol. The fourth-order valence-corrected chi connectivity index (χ4v) is 1.09. The molecule has 0 aliphatic heterocycles. The summed E-state index contributed by atoms with van der Waals surface area (Å²) in [5, 5.41) is 9.39. The number of benzene rings is 1. The third-order valence-electron chi connectivity index (χ3n) is 1.68. The predicted octanol–water partition coefficient (Wildman–Crippen LogP) is 1.83. The Morgan fingerprint density at radius 3 is 2.67 bits per heavy atom. The molecule has 0 atom stereocenters. The van der Waals surface area contributed by atoms with Crippen LogP contribution in [0, 0.1) is 6.92 Å². The van der Waals surface area contributed by atoms with Crippen molar-refractivity contribution in [1.29, 1.82) is 0 Å². The molecule has 0 aliphatic carbocycles. The van der Waals surface area contributed by atoms with Crippen LogP contribution in [-0.2, 0) is 11.2 Å². The zero-order valence-electron chi connectivity index (χ0n) is 7.29. The van der Waals surface area contributed by atoms with Crippen LogP contribution in [-0.4, -0.2) is 10.9 Å². The molecule has 0 aliphatic rings. The summed E-state index contributed by atoms with van der Waals surface area (Å²) in [5.74, 6) is 0.277. The monoisotopic (exact) mass is 164 g/mol. The summed E-state index contributed by atoms with van der Waals surface area (Å²) in [6, 6.07) is 5.34. The van der Waals surface area contributed by atoms with Gasteiger partial charge in [0.2, 0.25) is 0 Å². The highest BCUT2D eigenvalue weighted by atomic mass is 16.3. The van der Waals surface area contributed by atoms with Crippen molar-refractivity contribution in [2.75, 3.05) is 0 Å². The Balaban J connectivity index is 2.93. The number of carbonyl (C=O) groups is 1. The average molecular weight is 164 g/mol. The number of hydrogen-bond acceptors (Lipinski definition) is 2. The van der Waals surface area contributed by atoms with Gasteiger partial charge in [0.15, 0.2) is 0 Å². The van der Waals surface area contributed by atoms with E-state index < -0.39 is 0 Å². The molecule has 0 aromatic heterocycles. The second-order valence-electron chi connectivity index (χ2n) is 3.01. The molecule has 0 saturated carbocycles. The van der Waals surface area contributed by atoms with Crippen molar-refractivity contribution in [1.82, 2.24) is 0 Å². The first-order valence-corrected chi connectivity index (χ1v) is 3.87. The van der Waals surface area contributed by atoms with Gasteiger partial charge in [0.05, 0.1) is 0 Å². The number of aryl methyl sites for hydroxylation is 1. The molecule has 0 heterocycles. The molecule has 2 heteroatoms. The van der Waals surface area contributed by atoms with Gasteiger partial charge >= 0.3 is 0 Å². The maximum absolute atomic E-state index is 10.7. The van der Waals surface area contributed by atoms with Gasteiger partial charge < -0.3 is 5.11 Å². The van der Waals surface area contributed by atoms with Gasteiger partial charge in [-0.05, 0) is 25.5 Å². The Labute approximate surface area is 71.8 Å². The van der Waals surface area contributed by atoms with Crippen LogP contribution in [0.2, 0.25) is 0 Å². The second kappa shape index (κ2) is 3.39. The molecule has 64 valence electrons. The summed E-state index contributed by atoms with van der Waals surface area (Å²) < 4.78 is 0. The fraction of sp³-hybridized carbons (Fsp3) is 0.300. The van der Waals surface area contributed by atoms with Gasteiger partial charge in [-0.15, -0.1) is 0 Å². The molecule has 1 aromatic rings. The third kappa shape index (κ3) is 2.09. The molecule has 0 spiro atoms. The Kier molecular flexibility index (Phi) is 2.48. The first-order chi connectivity index (χ1) is 5.59. The van der Waals surface area contributed by atoms with Crippen LogP contribution in [0.4, 0.5) is 0 Å². The number of aromatic hydroxyl groups is 1. The number of ketones is 1. The molecule has 0 unspecified atom stereocenters. The molecule has 1 N–H and O–H groups in total. The molecule has 12 heavy (non-hydrogen) atoms. The molecular formula is C10H12O2. The van der Waals surface area contributed by atoms with E-state index in [0.29, 0.717) is 12.0 Å². The Bertz CT molecular complexity index is 303. The van der Waals surface area contributed by atoms with E-state index in [1.807, 2.05) is 13.0 Å². The SMILES string of the molecule is CC(=O)Cc1ccc(C)cc1O. The molecule has 0 saturated heterocycles. The first kappa shape index (κ1) is 8.78. The number of phenolic OH excluding ortho intramolecular Hbond substituents is 1. The van der Waals surface area contributed by atoms with Crippen LogP contribution in [0.3, 0.4) is 0 Å². The lowest BCUT2D eigenvalue weighted by Crippen LogP contribution is -1.96. The zero-order valence-corrected chi connectivity index (χ0v) is 7.29. The smallest absolute Gasteiger partial charge is 0.134 e. The number of phenols is 1. The fourth-order valence-electron chi connectivity index (χ4n) is 1.09. The van der Waals surface area contributed by atoms with Crippen molar-refractivity contribution in [3.63, 3.8) is 0 Å². The van der Waals surface area contributed by atoms with Crippen LogP contribution in [0.1, 0.15) is 18.1 Å². The van der Waals surface area contributed by atoms with E-state index in [4.69, 9.17) is 0 Å². The van der Waals surface area contributed by atoms with E-state index in [1.165, 1.54) is 6.92 Å². The van der Waals surface area contributed by atoms with Gasteiger partial charge in [-0.1, -0.05) is 12.1 Å². The minimum absolute atomic E-state index is 0.0640. The van der Waals surface area contributed by atoms with E-state index in [1.54, 1.807) is 12.1 Å². The summed E-state index contributed by atoms with van der Waals surface area (Å²) in [5.41, 5.74) is 1.70. The quantitative estimate of drug-likeness (QED) is 0.724. The Hall–Kier alpha value is -1.31. The Morgan fingerprint density at radius 2 is 2.17 bits per heavy atom. The summed E-state index contributed by atoms with van der Waals surface area (Å²) >= 11 is 0. The molecular weight excluding hydrogens is 152 g/mol. The van der Waals surface area contributed by atoms with Crippen LogP contribution < -0.4 is 0 Å². The molecule has 2 nitrogen and oxygen atoms in total. The second-order valence-corrected chi connectivity index (χ2v) is 3.01. The standard InChI is InChI=1S/C10H12O2/c1-7-3-4-9(6-8(2)11)10(12)5-7/h3-5,12H,6H2,1-2H3. The van der Waals surface area contributed by atoms with E-state index in [2.05, 4.69) is 0 Å². The van der Waals surface area contributed by atoms with Crippen LogP contribution in [0.15, 0.2) is 18.2 Å². The summed E-state index contributed by atoms with van der Waals surface area (Å²) in [7, 11) is 0. The molecule has 1 aromatic carbocycles. The van der Waals surface area contributed by atoms with Crippen molar-refractivity contribution in [2.45, 2.75) is 20.3 Å². The molecule has 0 bridgehead atoms. The van der Waals surface area contributed by atoms with Gasteiger partial charge in [0.1, 0.15) is 11.5 Å². The van der Waals surface area contributed by atoms with E-state index in [-0.39, 0.29) is 11.5 Å². The Morgan fingerprint density at radius 1 is 1.50 bits per heavy atom. The largest absolute Gasteiger partial charge is 0.508 e. The summed E-state index contributed by atoms with van der Waals surface area (Å²) in [6.45, 7) is 3.41.